The summed E-state index contributed by atoms with van der Waals surface area (Å²) in [5.74, 6) is 1.31. The van der Waals surface area contributed by atoms with Gasteiger partial charge in [0.05, 0.1) is 6.61 Å². The van der Waals surface area contributed by atoms with Gasteiger partial charge in [-0.05, 0) is 42.7 Å². The van der Waals surface area contributed by atoms with E-state index in [9.17, 15) is 4.79 Å². The lowest BCUT2D eigenvalue weighted by Crippen LogP contribution is -2.33. The topological polar surface area (TPSA) is 40.5 Å². The second-order valence-electron chi connectivity index (χ2n) is 6.60. The van der Waals surface area contributed by atoms with Gasteiger partial charge in [0.25, 0.3) is 0 Å². The number of rotatable bonds is 4. The highest BCUT2D eigenvalue weighted by atomic mass is 16.3. The van der Waals surface area contributed by atoms with Crippen LogP contribution in [-0.2, 0) is 17.8 Å². The minimum Gasteiger partial charge on any atom is -0.392 e. The molecule has 3 rings (SSSR count). The molecule has 1 saturated carbocycles. The fraction of sp³-hybridized carbons (Fsp3) is 0.611. The second kappa shape index (κ2) is 6.61. The minimum absolute atomic E-state index is 0.105. The predicted octanol–water partition coefficient (Wildman–Crippen LogP) is 2.76. The smallest absolute Gasteiger partial charge is 0.225 e. The van der Waals surface area contributed by atoms with E-state index in [0.717, 1.165) is 44.3 Å². The first-order valence-electron chi connectivity index (χ1n) is 8.23. The van der Waals surface area contributed by atoms with Crippen LogP contribution in [0.2, 0.25) is 0 Å². The number of aliphatic hydroxyl groups excluding tert-OH is 1. The van der Waals surface area contributed by atoms with Crippen LogP contribution in [0.25, 0.3) is 0 Å². The highest BCUT2D eigenvalue weighted by molar-refractivity contribution is 5.79. The Morgan fingerprint density at radius 2 is 1.76 bits per heavy atom. The molecule has 1 aliphatic carbocycles. The summed E-state index contributed by atoms with van der Waals surface area (Å²) in [6.45, 7) is 1.97. The minimum atomic E-state index is 0.105. The van der Waals surface area contributed by atoms with Gasteiger partial charge in [-0.3, -0.25) is 4.79 Å². The van der Waals surface area contributed by atoms with Crippen LogP contribution < -0.4 is 0 Å². The van der Waals surface area contributed by atoms with E-state index in [-0.39, 0.29) is 6.61 Å². The van der Waals surface area contributed by atoms with Gasteiger partial charge < -0.3 is 10.0 Å². The summed E-state index contributed by atoms with van der Waals surface area (Å²) in [5, 5.41) is 9.07. The Bertz CT molecular complexity index is 476. The van der Waals surface area contributed by atoms with Gasteiger partial charge in [-0.25, -0.2) is 0 Å². The van der Waals surface area contributed by atoms with Crippen molar-refractivity contribution in [3.05, 3.63) is 35.4 Å². The number of amides is 1. The Morgan fingerprint density at radius 1 is 1.10 bits per heavy atom. The summed E-state index contributed by atoms with van der Waals surface area (Å²) in [4.78, 5) is 14.5. The van der Waals surface area contributed by atoms with Gasteiger partial charge in [0.15, 0.2) is 0 Å². The van der Waals surface area contributed by atoms with E-state index in [1.165, 1.54) is 18.4 Å². The number of benzene rings is 1. The van der Waals surface area contributed by atoms with Crippen molar-refractivity contribution in [3.63, 3.8) is 0 Å². The Balaban J connectivity index is 1.52. The summed E-state index contributed by atoms with van der Waals surface area (Å²) in [7, 11) is 0. The average Bonchev–Trinajstić information content (AvgIpc) is 3.19. The lowest BCUT2D eigenvalue weighted by Gasteiger charge is -2.20. The van der Waals surface area contributed by atoms with Crippen LogP contribution in [0.4, 0.5) is 0 Å². The SMILES string of the molecule is O=C(C1CCCC1)N1CC[C@@H](Cc2ccc(CO)cc2)C1. The van der Waals surface area contributed by atoms with Crippen molar-refractivity contribution in [1.82, 2.24) is 4.90 Å². The Labute approximate surface area is 127 Å². The molecule has 1 saturated heterocycles. The van der Waals surface area contributed by atoms with E-state index in [0.29, 0.717) is 17.7 Å². The highest BCUT2D eigenvalue weighted by Crippen LogP contribution is 2.29. The molecule has 1 aromatic carbocycles. The fourth-order valence-corrected chi connectivity index (χ4v) is 3.74. The largest absolute Gasteiger partial charge is 0.392 e. The van der Waals surface area contributed by atoms with Crippen LogP contribution in [0.3, 0.4) is 0 Å². The Hall–Kier alpha value is -1.35. The molecule has 0 unspecified atom stereocenters. The number of aliphatic hydroxyl groups is 1. The van der Waals surface area contributed by atoms with Gasteiger partial charge >= 0.3 is 0 Å². The average molecular weight is 287 g/mol. The van der Waals surface area contributed by atoms with E-state index in [1.54, 1.807) is 0 Å². The molecular formula is C18H25NO2. The molecule has 1 heterocycles. The first-order chi connectivity index (χ1) is 10.3. The first-order valence-corrected chi connectivity index (χ1v) is 8.23. The maximum Gasteiger partial charge on any atom is 0.225 e. The number of nitrogens with zero attached hydrogens (tertiary/aromatic N) is 1. The van der Waals surface area contributed by atoms with Gasteiger partial charge in [-0.2, -0.15) is 0 Å². The summed E-state index contributed by atoms with van der Waals surface area (Å²) >= 11 is 0. The molecule has 114 valence electrons. The molecule has 1 aromatic rings. The van der Waals surface area contributed by atoms with E-state index >= 15 is 0 Å². The van der Waals surface area contributed by atoms with Crippen LogP contribution >= 0.6 is 0 Å². The van der Waals surface area contributed by atoms with E-state index in [1.807, 2.05) is 12.1 Å². The third-order valence-corrected chi connectivity index (χ3v) is 5.03. The quantitative estimate of drug-likeness (QED) is 0.925. The number of carbonyl (C=O) groups excluding carboxylic acids is 1. The van der Waals surface area contributed by atoms with E-state index in [4.69, 9.17) is 5.11 Å². The highest BCUT2D eigenvalue weighted by Gasteiger charge is 2.32. The van der Waals surface area contributed by atoms with Gasteiger partial charge in [0.1, 0.15) is 0 Å². The molecule has 1 atom stereocenters. The van der Waals surface area contributed by atoms with E-state index in [2.05, 4.69) is 17.0 Å². The van der Waals surface area contributed by atoms with Crippen LogP contribution in [0, 0.1) is 11.8 Å². The van der Waals surface area contributed by atoms with Crippen molar-refractivity contribution in [3.8, 4) is 0 Å². The van der Waals surface area contributed by atoms with Crippen LogP contribution in [0.5, 0.6) is 0 Å². The van der Waals surface area contributed by atoms with E-state index < -0.39 is 0 Å². The first kappa shape index (κ1) is 14.6. The van der Waals surface area contributed by atoms with Gasteiger partial charge in [-0.1, -0.05) is 37.1 Å². The molecular weight excluding hydrogens is 262 g/mol. The molecule has 21 heavy (non-hydrogen) atoms. The normalized spacial score (nSPS) is 22.9. The molecule has 3 heteroatoms. The van der Waals surface area contributed by atoms with Crippen molar-refractivity contribution in [1.29, 1.82) is 0 Å². The van der Waals surface area contributed by atoms with Gasteiger partial charge in [-0.15, -0.1) is 0 Å². The third kappa shape index (κ3) is 3.46. The van der Waals surface area contributed by atoms with Crippen molar-refractivity contribution in [2.75, 3.05) is 13.1 Å². The van der Waals surface area contributed by atoms with Gasteiger partial charge in [0, 0.05) is 19.0 Å². The number of hydrogen-bond donors (Lipinski definition) is 1. The maximum atomic E-state index is 12.4. The zero-order valence-electron chi connectivity index (χ0n) is 12.6. The third-order valence-electron chi connectivity index (χ3n) is 5.03. The van der Waals surface area contributed by atoms with Crippen LogP contribution in [0.1, 0.15) is 43.2 Å². The Kier molecular flexibility index (Phi) is 4.59. The van der Waals surface area contributed by atoms with Crippen molar-refractivity contribution in [2.24, 2.45) is 11.8 Å². The number of hydrogen-bond acceptors (Lipinski definition) is 2. The second-order valence-corrected chi connectivity index (χ2v) is 6.60. The number of likely N-dealkylation sites (tertiary alicyclic amines) is 1. The summed E-state index contributed by atoms with van der Waals surface area (Å²) < 4.78 is 0. The molecule has 2 aliphatic rings. The molecule has 0 bridgehead atoms. The lowest BCUT2D eigenvalue weighted by molar-refractivity contribution is -0.134. The summed E-state index contributed by atoms with van der Waals surface area (Å²) in [6.07, 6.45) is 6.82. The predicted molar refractivity (Wildman–Crippen MR) is 82.7 cm³/mol. The number of carbonyl (C=O) groups is 1. The monoisotopic (exact) mass is 287 g/mol. The van der Waals surface area contributed by atoms with Crippen molar-refractivity contribution in [2.45, 2.75) is 45.1 Å². The molecule has 1 aliphatic heterocycles. The Morgan fingerprint density at radius 3 is 2.43 bits per heavy atom. The zero-order valence-corrected chi connectivity index (χ0v) is 12.6. The van der Waals surface area contributed by atoms with Crippen molar-refractivity contribution < 1.29 is 9.90 Å². The molecule has 0 spiro atoms. The maximum absolute atomic E-state index is 12.4. The summed E-state index contributed by atoms with van der Waals surface area (Å²) in [5.41, 5.74) is 2.27. The van der Waals surface area contributed by atoms with Gasteiger partial charge in [0.2, 0.25) is 5.91 Å². The molecule has 1 N–H and O–H groups in total. The molecule has 0 aromatic heterocycles. The van der Waals surface area contributed by atoms with Crippen molar-refractivity contribution >= 4 is 5.91 Å². The van der Waals surface area contributed by atoms with Crippen LogP contribution in [-0.4, -0.2) is 29.0 Å². The lowest BCUT2D eigenvalue weighted by atomic mass is 9.98. The standard InChI is InChI=1S/C18H25NO2/c20-13-15-7-5-14(6-8-15)11-16-9-10-19(12-16)18(21)17-3-1-2-4-17/h5-8,16-17,20H,1-4,9-13H2/t16-/m0/s1. The molecule has 2 fully saturated rings. The fourth-order valence-electron chi connectivity index (χ4n) is 3.74. The molecule has 0 radical (unpaired) electrons. The zero-order chi connectivity index (χ0) is 14.7. The van der Waals surface area contributed by atoms with Crippen LogP contribution in [0.15, 0.2) is 24.3 Å². The molecule has 3 nitrogen and oxygen atoms in total. The summed E-state index contributed by atoms with van der Waals surface area (Å²) in [6, 6.07) is 8.19. The molecule has 1 amide bonds.